The Labute approximate surface area is 189 Å². The van der Waals surface area contributed by atoms with Crippen LogP contribution in [0.2, 0.25) is 0 Å². The lowest BCUT2D eigenvalue weighted by Gasteiger charge is -2.24. The maximum absolute atomic E-state index is 6.98. The Balaban J connectivity index is 1.58. The van der Waals surface area contributed by atoms with Gasteiger partial charge in [0.25, 0.3) is 0 Å². The summed E-state index contributed by atoms with van der Waals surface area (Å²) in [7, 11) is 0. The summed E-state index contributed by atoms with van der Waals surface area (Å²) < 4.78 is 0. The van der Waals surface area contributed by atoms with Crippen LogP contribution >= 0.6 is 23.2 Å². The Morgan fingerprint density at radius 3 is 1.87 bits per heavy atom. The minimum absolute atomic E-state index is 0.151. The van der Waals surface area contributed by atoms with Crippen molar-refractivity contribution in [2.75, 3.05) is 0 Å². The van der Waals surface area contributed by atoms with E-state index in [1.165, 1.54) is 11.1 Å². The fourth-order valence-corrected chi connectivity index (χ4v) is 4.33. The zero-order chi connectivity index (χ0) is 21.0. The Bertz CT molecular complexity index is 1100. The van der Waals surface area contributed by atoms with Crippen LogP contribution < -0.4 is 0 Å². The molecule has 0 saturated carbocycles. The van der Waals surface area contributed by atoms with Gasteiger partial charge in [-0.15, -0.1) is 23.2 Å². The molecular weight excluding hydrogens is 407 g/mol. The molecule has 0 aliphatic heterocycles. The molecule has 150 valence electrons. The Morgan fingerprint density at radius 1 is 0.633 bits per heavy atom. The summed E-state index contributed by atoms with van der Waals surface area (Å²) in [6.45, 7) is 2.06. The van der Waals surface area contributed by atoms with Gasteiger partial charge >= 0.3 is 0 Å². The van der Waals surface area contributed by atoms with E-state index in [9.17, 15) is 0 Å². The molecule has 4 aromatic carbocycles. The van der Waals surface area contributed by atoms with E-state index in [-0.39, 0.29) is 5.38 Å². The highest BCUT2D eigenvalue weighted by molar-refractivity contribution is 6.25. The Morgan fingerprint density at radius 2 is 1.17 bits per heavy atom. The van der Waals surface area contributed by atoms with Gasteiger partial charge in [0.15, 0.2) is 0 Å². The second-order valence-electron chi connectivity index (χ2n) is 7.76. The molecule has 30 heavy (non-hydrogen) atoms. The molecule has 0 aliphatic rings. The predicted molar refractivity (Wildman–Crippen MR) is 129 cm³/mol. The van der Waals surface area contributed by atoms with Gasteiger partial charge in [0.05, 0.1) is 10.3 Å². The van der Waals surface area contributed by atoms with Crippen LogP contribution in [0.4, 0.5) is 0 Å². The topological polar surface area (TPSA) is 0 Å². The van der Waals surface area contributed by atoms with Crippen LogP contribution in [0.5, 0.6) is 0 Å². The van der Waals surface area contributed by atoms with E-state index in [4.69, 9.17) is 23.2 Å². The molecule has 0 saturated heterocycles. The van der Waals surface area contributed by atoms with Crippen molar-refractivity contribution < 1.29 is 0 Å². The number of halogens is 2. The van der Waals surface area contributed by atoms with Crippen LogP contribution in [0, 0.1) is 0 Å². The van der Waals surface area contributed by atoms with E-state index in [0.29, 0.717) is 0 Å². The summed E-state index contributed by atoms with van der Waals surface area (Å²) in [6, 6.07) is 37.5. The lowest BCUT2D eigenvalue weighted by atomic mass is 9.90. The van der Waals surface area contributed by atoms with Crippen molar-refractivity contribution in [1.29, 1.82) is 0 Å². The van der Waals surface area contributed by atoms with Gasteiger partial charge in [-0.25, -0.2) is 0 Å². The first kappa shape index (κ1) is 20.7. The average molecular weight is 431 g/mol. The molecular formula is C28H24Cl2. The lowest BCUT2D eigenvalue weighted by Crippen LogP contribution is -2.15. The second-order valence-corrected chi connectivity index (χ2v) is 8.96. The third kappa shape index (κ3) is 4.61. The fourth-order valence-electron chi connectivity index (χ4n) is 3.80. The first-order chi connectivity index (χ1) is 14.5. The van der Waals surface area contributed by atoms with E-state index in [1.54, 1.807) is 0 Å². The van der Waals surface area contributed by atoms with E-state index >= 15 is 0 Å². The number of benzene rings is 4. The van der Waals surface area contributed by atoms with Crippen molar-refractivity contribution in [3.8, 4) is 0 Å². The lowest BCUT2D eigenvalue weighted by molar-refractivity contribution is 0.820. The monoisotopic (exact) mass is 430 g/mol. The van der Waals surface area contributed by atoms with Gasteiger partial charge in [0.2, 0.25) is 0 Å². The van der Waals surface area contributed by atoms with E-state index in [0.717, 1.165) is 28.7 Å². The van der Waals surface area contributed by atoms with Crippen LogP contribution in [0.1, 0.15) is 45.7 Å². The summed E-state index contributed by atoms with van der Waals surface area (Å²) in [5, 5.41) is -0.151. The largest absolute Gasteiger partial charge is 0.113 e. The van der Waals surface area contributed by atoms with Gasteiger partial charge in [-0.1, -0.05) is 109 Å². The molecule has 0 aliphatic carbocycles. The van der Waals surface area contributed by atoms with Crippen LogP contribution in [0.25, 0.3) is 0 Å². The zero-order valence-corrected chi connectivity index (χ0v) is 18.4. The fraction of sp³-hybridized carbons (Fsp3) is 0.143. The Hall–Kier alpha value is -2.54. The minimum Gasteiger partial charge on any atom is -0.113 e. The summed E-state index contributed by atoms with van der Waals surface area (Å²) >= 11 is 13.7. The molecule has 0 aromatic heterocycles. The summed E-state index contributed by atoms with van der Waals surface area (Å²) in [6.07, 6.45) is 0.835. The van der Waals surface area contributed by atoms with Crippen molar-refractivity contribution in [2.45, 2.75) is 23.6 Å². The molecule has 0 bridgehead atoms. The molecule has 4 aromatic rings. The third-order valence-electron chi connectivity index (χ3n) is 5.53. The maximum atomic E-state index is 6.98. The van der Waals surface area contributed by atoms with Crippen molar-refractivity contribution in [1.82, 2.24) is 0 Å². The maximum Gasteiger partial charge on any atom is 0.0916 e. The normalized spacial score (nSPS) is 14.1. The van der Waals surface area contributed by atoms with Crippen LogP contribution in [0.3, 0.4) is 0 Å². The molecule has 4 rings (SSSR count). The van der Waals surface area contributed by atoms with E-state index in [1.807, 2.05) is 36.4 Å². The quantitative estimate of drug-likeness (QED) is 0.271. The van der Waals surface area contributed by atoms with Crippen molar-refractivity contribution in [2.24, 2.45) is 0 Å². The number of hydrogen-bond acceptors (Lipinski definition) is 0. The SMILES string of the molecule is CC(Cl)(c1ccccc1)c1cccc(Cc2cccc(C(Cl)c3ccccc3)c2)c1. The summed E-state index contributed by atoms with van der Waals surface area (Å²) in [5.74, 6) is 0. The molecule has 2 heteroatoms. The molecule has 0 nitrogen and oxygen atoms in total. The standard InChI is InChI=1S/C28H24Cl2/c1-28(30,25-15-6-3-7-16-25)26-17-9-11-22(20-26)18-21-10-8-14-24(19-21)27(29)23-12-4-2-5-13-23/h2-17,19-20,27H,18H2,1H3. The van der Waals surface area contributed by atoms with Gasteiger partial charge in [-0.05, 0) is 46.7 Å². The Kier molecular flexibility index (Phi) is 6.27. The molecule has 0 spiro atoms. The van der Waals surface area contributed by atoms with Gasteiger partial charge in [-0.2, -0.15) is 0 Å². The minimum atomic E-state index is -0.562. The predicted octanol–water partition coefficient (Wildman–Crippen LogP) is 8.11. The summed E-state index contributed by atoms with van der Waals surface area (Å²) in [5.41, 5.74) is 6.89. The van der Waals surface area contributed by atoms with Gasteiger partial charge in [0.1, 0.15) is 0 Å². The first-order valence-electron chi connectivity index (χ1n) is 10.2. The van der Waals surface area contributed by atoms with Crippen molar-refractivity contribution in [3.63, 3.8) is 0 Å². The van der Waals surface area contributed by atoms with Crippen LogP contribution in [-0.2, 0) is 11.3 Å². The average Bonchev–Trinajstić information content (AvgIpc) is 2.80. The van der Waals surface area contributed by atoms with Crippen molar-refractivity contribution >= 4 is 23.2 Å². The highest BCUT2D eigenvalue weighted by Gasteiger charge is 2.25. The van der Waals surface area contributed by atoms with E-state index in [2.05, 4.69) is 79.7 Å². The first-order valence-corrected chi connectivity index (χ1v) is 11.0. The van der Waals surface area contributed by atoms with Crippen LogP contribution in [0.15, 0.2) is 109 Å². The van der Waals surface area contributed by atoms with Crippen LogP contribution in [-0.4, -0.2) is 0 Å². The number of rotatable bonds is 6. The molecule has 0 N–H and O–H groups in total. The smallest absolute Gasteiger partial charge is 0.0916 e. The van der Waals surface area contributed by atoms with Gasteiger partial charge in [0, 0.05) is 0 Å². The zero-order valence-electron chi connectivity index (χ0n) is 16.9. The third-order valence-corrected chi connectivity index (χ3v) is 6.47. The molecule has 0 radical (unpaired) electrons. The van der Waals surface area contributed by atoms with E-state index < -0.39 is 4.87 Å². The molecule has 0 heterocycles. The van der Waals surface area contributed by atoms with Crippen molar-refractivity contribution in [3.05, 3.63) is 143 Å². The number of alkyl halides is 2. The summed E-state index contributed by atoms with van der Waals surface area (Å²) in [4.78, 5) is -0.562. The highest BCUT2D eigenvalue weighted by Crippen LogP contribution is 2.36. The number of hydrogen-bond donors (Lipinski definition) is 0. The second kappa shape index (κ2) is 9.08. The van der Waals surface area contributed by atoms with Gasteiger partial charge in [-0.3, -0.25) is 0 Å². The molecule has 0 fully saturated rings. The molecule has 2 atom stereocenters. The highest BCUT2D eigenvalue weighted by atomic mass is 35.5. The molecule has 2 unspecified atom stereocenters. The van der Waals surface area contributed by atoms with Gasteiger partial charge < -0.3 is 0 Å². The molecule has 0 amide bonds.